The molecule has 0 aliphatic heterocycles. The number of amides is 1. The van der Waals surface area contributed by atoms with Crippen molar-refractivity contribution in [2.75, 3.05) is 0 Å². The average molecular weight is 418 g/mol. The Bertz CT molecular complexity index is 1140. The fraction of sp³-hybridized carbons (Fsp3) is 0.200. The summed E-state index contributed by atoms with van der Waals surface area (Å²) in [6.45, 7) is 2.79. The van der Waals surface area contributed by atoms with E-state index in [0.29, 0.717) is 11.4 Å². The molecule has 1 unspecified atom stereocenters. The van der Waals surface area contributed by atoms with Crippen LogP contribution in [-0.2, 0) is 24.2 Å². The van der Waals surface area contributed by atoms with E-state index in [-0.39, 0.29) is 11.9 Å². The van der Waals surface area contributed by atoms with Gasteiger partial charge in [-0.3, -0.25) is 4.79 Å². The molecule has 1 atom stereocenters. The summed E-state index contributed by atoms with van der Waals surface area (Å²) in [6.07, 6.45) is 1.21. The topological polar surface area (TPSA) is 46.9 Å². The number of hydrogen-bond donors (Lipinski definition) is 1. The predicted octanol–water partition coefficient (Wildman–Crippen LogP) is 5.35. The molecular weight excluding hydrogens is 394 g/mol. The van der Waals surface area contributed by atoms with Crippen molar-refractivity contribution < 1.29 is 4.79 Å². The zero-order valence-electron chi connectivity index (χ0n) is 16.9. The van der Waals surface area contributed by atoms with Gasteiger partial charge in [0.05, 0.1) is 23.5 Å². The maximum atomic E-state index is 12.6. The summed E-state index contributed by atoms with van der Waals surface area (Å²) in [4.78, 5) is 17.4. The third-order valence-electron chi connectivity index (χ3n) is 5.19. The zero-order chi connectivity index (χ0) is 20.9. The lowest BCUT2D eigenvalue weighted by Crippen LogP contribution is -2.30. The highest BCUT2D eigenvalue weighted by atomic mass is 35.5. The maximum absolute atomic E-state index is 12.6. The van der Waals surface area contributed by atoms with Crippen LogP contribution in [0.5, 0.6) is 0 Å². The minimum atomic E-state index is -0.201. The number of hydrogen-bond acceptors (Lipinski definition) is 2. The average Bonchev–Trinajstić information content (AvgIpc) is 3.13. The Morgan fingerprint density at radius 2 is 1.67 bits per heavy atom. The van der Waals surface area contributed by atoms with Gasteiger partial charge in [0.1, 0.15) is 5.82 Å². The Balaban J connectivity index is 1.53. The molecule has 1 aromatic heterocycles. The molecule has 1 heterocycles. The monoisotopic (exact) mass is 417 g/mol. The van der Waals surface area contributed by atoms with Crippen LogP contribution in [0.1, 0.15) is 29.9 Å². The second-order valence-corrected chi connectivity index (χ2v) is 7.87. The minimum Gasteiger partial charge on any atom is -0.346 e. The number of rotatable bonds is 7. The quantitative estimate of drug-likeness (QED) is 0.440. The molecule has 4 rings (SSSR count). The van der Waals surface area contributed by atoms with Crippen LogP contribution in [0.15, 0.2) is 78.9 Å². The highest BCUT2D eigenvalue weighted by Crippen LogP contribution is 2.22. The summed E-state index contributed by atoms with van der Waals surface area (Å²) < 4.78 is 2.22. The number of fused-ring (bicyclic) bond motifs is 1. The minimum absolute atomic E-state index is 0.0357. The Kier molecular flexibility index (Phi) is 6.15. The number of aryl methyl sites for hydroxylation is 2. The lowest BCUT2D eigenvalue weighted by molar-refractivity contribution is -0.121. The molecule has 152 valence electrons. The number of imidazole rings is 1. The number of para-hydroxylation sites is 2. The van der Waals surface area contributed by atoms with E-state index in [4.69, 9.17) is 16.6 Å². The highest BCUT2D eigenvalue weighted by molar-refractivity contribution is 6.30. The SMILES string of the molecule is CC(NC(=O)Cc1ccc(Cl)cc1)c1nc2ccccc2n1CCc1ccccc1. The van der Waals surface area contributed by atoms with E-state index >= 15 is 0 Å². The zero-order valence-corrected chi connectivity index (χ0v) is 17.6. The smallest absolute Gasteiger partial charge is 0.224 e. The van der Waals surface area contributed by atoms with Crippen molar-refractivity contribution in [3.8, 4) is 0 Å². The van der Waals surface area contributed by atoms with E-state index in [0.717, 1.165) is 35.4 Å². The van der Waals surface area contributed by atoms with Gasteiger partial charge in [-0.25, -0.2) is 4.98 Å². The summed E-state index contributed by atoms with van der Waals surface area (Å²) in [5.41, 5.74) is 4.24. The van der Waals surface area contributed by atoms with Crippen LogP contribution < -0.4 is 5.32 Å². The first kappa shape index (κ1) is 20.2. The number of carbonyl (C=O) groups excluding carboxylic acids is 1. The predicted molar refractivity (Wildman–Crippen MR) is 122 cm³/mol. The van der Waals surface area contributed by atoms with Crippen molar-refractivity contribution in [2.45, 2.75) is 32.4 Å². The van der Waals surface area contributed by atoms with Gasteiger partial charge in [0.25, 0.3) is 0 Å². The van der Waals surface area contributed by atoms with Crippen molar-refractivity contribution in [1.29, 1.82) is 0 Å². The molecule has 4 aromatic rings. The molecule has 0 saturated carbocycles. The van der Waals surface area contributed by atoms with Crippen LogP contribution in [0.2, 0.25) is 5.02 Å². The first-order valence-corrected chi connectivity index (χ1v) is 10.5. The molecule has 3 aromatic carbocycles. The van der Waals surface area contributed by atoms with Crippen molar-refractivity contribution >= 4 is 28.5 Å². The van der Waals surface area contributed by atoms with Gasteiger partial charge in [0, 0.05) is 11.6 Å². The maximum Gasteiger partial charge on any atom is 0.224 e. The Hall–Kier alpha value is -3.11. The number of benzene rings is 3. The largest absolute Gasteiger partial charge is 0.346 e. The Labute approximate surface area is 181 Å². The molecule has 1 N–H and O–H groups in total. The summed E-state index contributed by atoms with van der Waals surface area (Å²) in [6, 6.07) is 25.7. The van der Waals surface area contributed by atoms with Crippen LogP contribution in [0.3, 0.4) is 0 Å². The van der Waals surface area contributed by atoms with E-state index in [1.807, 2.05) is 43.3 Å². The first-order valence-electron chi connectivity index (χ1n) is 10.1. The van der Waals surface area contributed by atoms with Gasteiger partial charge in [-0.2, -0.15) is 0 Å². The van der Waals surface area contributed by atoms with Crippen molar-refractivity contribution in [3.05, 3.63) is 101 Å². The van der Waals surface area contributed by atoms with Crippen LogP contribution in [0.4, 0.5) is 0 Å². The van der Waals surface area contributed by atoms with E-state index < -0.39 is 0 Å². The molecule has 0 radical (unpaired) electrons. The molecule has 0 fully saturated rings. The molecule has 0 saturated heterocycles. The van der Waals surface area contributed by atoms with E-state index in [1.54, 1.807) is 12.1 Å². The van der Waals surface area contributed by atoms with Crippen molar-refractivity contribution in [3.63, 3.8) is 0 Å². The molecule has 0 spiro atoms. The normalized spacial score (nSPS) is 12.1. The van der Waals surface area contributed by atoms with Crippen LogP contribution in [-0.4, -0.2) is 15.5 Å². The van der Waals surface area contributed by atoms with E-state index in [2.05, 4.69) is 40.2 Å². The second-order valence-electron chi connectivity index (χ2n) is 7.44. The first-order chi connectivity index (χ1) is 14.6. The highest BCUT2D eigenvalue weighted by Gasteiger charge is 2.18. The Morgan fingerprint density at radius 3 is 2.43 bits per heavy atom. The third kappa shape index (κ3) is 4.71. The molecule has 30 heavy (non-hydrogen) atoms. The Morgan fingerprint density at radius 1 is 0.967 bits per heavy atom. The van der Waals surface area contributed by atoms with Crippen molar-refractivity contribution in [1.82, 2.24) is 14.9 Å². The van der Waals surface area contributed by atoms with Gasteiger partial charge in [0.2, 0.25) is 5.91 Å². The fourth-order valence-electron chi connectivity index (χ4n) is 3.69. The van der Waals surface area contributed by atoms with Gasteiger partial charge in [0.15, 0.2) is 0 Å². The number of halogens is 1. The third-order valence-corrected chi connectivity index (χ3v) is 5.45. The van der Waals surface area contributed by atoms with Crippen LogP contribution in [0.25, 0.3) is 11.0 Å². The summed E-state index contributed by atoms with van der Waals surface area (Å²) in [5.74, 6) is 0.836. The van der Waals surface area contributed by atoms with E-state index in [9.17, 15) is 4.79 Å². The van der Waals surface area contributed by atoms with Crippen molar-refractivity contribution in [2.24, 2.45) is 0 Å². The lowest BCUT2D eigenvalue weighted by atomic mass is 10.1. The lowest BCUT2D eigenvalue weighted by Gasteiger charge is -2.16. The van der Waals surface area contributed by atoms with Gasteiger partial charge < -0.3 is 9.88 Å². The molecule has 0 aliphatic carbocycles. The molecule has 1 amide bonds. The summed E-state index contributed by atoms with van der Waals surface area (Å²) >= 11 is 5.93. The molecule has 0 bridgehead atoms. The van der Waals surface area contributed by atoms with Gasteiger partial charge in [-0.05, 0) is 48.7 Å². The second kappa shape index (κ2) is 9.14. The van der Waals surface area contributed by atoms with E-state index in [1.165, 1.54) is 5.56 Å². The van der Waals surface area contributed by atoms with Gasteiger partial charge in [-0.1, -0.05) is 66.2 Å². The number of nitrogens with zero attached hydrogens (tertiary/aromatic N) is 2. The number of nitrogens with one attached hydrogen (secondary N) is 1. The number of carbonyl (C=O) groups is 1. The number of aromatic nitrogens is 2. The van der Waals surface area contributed by atoms with Gasteiger partial charge >= 0.3 is 0 Å². The summed E-state index contributed by atoms with van der Waals surface area (Å²) in [5, 5.41) is 3.77. The van der Waals surface area contributed by atoms with Crippen LogP contribution >= 0.6 is 11.6 Å². The standard InChI is InChI=1S/C25H24ClN3O/c1-18(27-24(30)17-20-11-13-21(26)14-12-20)25-28-22-9-5-6-10-23(22)29(25)16-15-19-7-3-2-4-8-19/h2-14,18H,15-17H2,1H3,(H,27,30). The molecular formula is C25H24ClN3O. The molecule has 5 heteroatoms. The fourth-order valence-corrected chi connectivity index (χ4v) is 3.82. The van der Waals surface area contributed by atoms with Crippen LogP contribution in [0, 0.1) is 0 Å². The molecule has 0 aliphatic rings. The summed E-state index contributed by atoms with van der Waals surface area (Å²) in [7, 11) is 0. The molecule has 4 nitrogen and oxygen atoms in total. The van der Waals surface area contributed by atoms with Gasteiger partial charge in [-0.15, -0.1) is 0 Å².